The van der Waals surface area contributed by atoms with Gasteiger partial charge in [-0.2, -0.15) is 11.8 Å². The molecule has 2 saturated heterocycles. The monoisotopic (exact) mass is 354 g/mol. The third-order valence-corrected chi connectivity index (χ3v) is 5.77. The Morgan fingerprint density at radius 1 is 1.43 bits per heavy atom. The summed E-state index contributed by atoms with van der Waals surface area (Å²) in [5.41, 5.74) is 4.53. The van der Waals surface area contributed by atoms with E-state index in [1.54, 1.807) is 17.1 Å². The van der Waals surface area contributed by atoms with Crippen molar-refractivity contribution < 1.29 is 19.2 Å². The first-order valence-corrected chi connectivity index (χ1v) is 8.85. The molecule has 0 aliphatic carbocycles. The molecule has 3 heterocycles. The fourth-order valence-corrected chi connectivity index (χ4v) is 4.70. The number of hydrogen-bond donors (Lipinski definition) is 3. The molecule has 0 bridgehead atoms. The standard InChI is InChI=1S/C13H14N4O4S2/c14-9(19)7-1-3-23-10(7)15-8(18)5-17-11(20)13(16-12(17)21)2-4-22-6-13/h1,3H,2,4-6H2,(H2,14,19)(H,15,18)(H,16,21)/t13-/m0/s1. The molecule has 10 heteroatoms. The van der Waals surface area contributed by atoms with Gasteiger partial charge >= 0.3 is 6.03 Å². The van der Waals surface area contributed by atoms with E-state index in [0.29, 0.717) is 17.2 Å². The number of rotatable bonds is 4. The number of thiophene rings is 1. The van der Waals surface area contributed by atoms with E-state index in [1.807, 2.05) is 0 Å². The van der Waals surface area contributed by atoms with Gasteiger partial charge in [-0.3, -0.25) is 19.3 Å². The Kier molecular flexibility index (Phi) is 4.02. The summed E-state index contributed by atoms with van der Waals surface area (Å²) >= 11 is 2.74. The largest absolute Gasteiger partial charge is 0.366 e. The lowest BCUT2D eigenvalue weighted by molar-refractivity contribution is -0.133. The van der Waals surface area contributed by atoms with Gasteiger partial charge in [0, 0.05) is 5.75 Å². The molecule has 2 fully saturated rings. The average molecular weight is 354 g/mol. The molecule has 8 nitrogen and oxygen atoms in total. The van der Waals surface area contributed by atoms with E-state index < -0.39 is 29.9 Å². The summed E-state index contributed by atoms with van der Waals surface area (Å²) in [4.78, 5) is 48.7. The first-order chi connectivity index (χ1) is 10.9. The van der Waals surface area contributed by atoms with Crippen LogP contribution in [0.1, 0.15) is 16.8 Å². The number of urea groups is 1. The van der Waals surface area contributed by atoms with Gasteiger partial charge in [0.2, 0.25) is 5.91 Å². The molecular formula is C13H14N4O4S2. The zero-order valence-electron chi connectivity index (χ0n) is 12.0. The van der Waals surface area contributed by atoms with Crippen LogP contribution in [0.2, 0.25) is 0 Å². The van der Waals surface area contributed by atoms with E-state index >= 15 is 0 Å². The topological polar surface area (TPSA) is 122 Å². The molecule has 1 spiro atoms. The lowest BCUT2D eigenvalue weighted by Crippen LogP contribution is -2.47. The smallest absolute Gasteiger partial charge is 0.325 e. The first-order valence-electron chi connectivity index (χ1n) is 6.82. The van der Waals surface area contributed by atoms with Gasteiger partial charge in [-0.25, -0.2) is 4.79 Å². The fourth-order valence-electron chi connectivity index (χ4n) is 2.56. The number of primary amides is 1. The van der Waals surface area contributed by atoms with Crippen molar-refractivity contribution in [2.75, 3.05) is 23.4 Å². The lowest BCUT2D eigenvalue weighted by Gasteiger charge is -2.19. The summed E-state index contributed by atoms with van der Waals surface area (Å²) in [6.07, 6.45) is 0.567. The number of nitrogens with two attached hydrogens (primary N) is 1. The van der Waals surface area contributed by atoms with Crippen LogP contribution >= 0.6 is 23.1 Å². The average Bonchev–Trinajstić information content (AvgIpc) is 3.17. The summed E-state index contributed by atoms with van der Waals surface area (Å²) < 4.78 is 0. The van der Waals surface area contributed by atoms with Crippen molar-refractivity contribution in [3.05, 3.63) is 17.0 Å². The van der Waals surface area contributed by atoms with Crippen molar-refractivity contribution >= 4 is 51.9 Å². The van der Waals surface area contributed by atoms with Crippen LogP contribution in [0.5, 0.6) is 0 Å². The quantitative estimate of drug-likeness (QED) is 0.668. The van der Waals surface area contributed by atoms with E-state index in [0.717, 1.165) is 22.0 Å². The molecular weight excluding hydrogens is 340 g/mol. The zero-order valence-corrected chi connectivity index (χ0v) is 13.6. The van der Waals surface area contributed by atoms with Crippen LogP contribution < -0.4 is 16.4 Å². The number of amides is 5. The van der Waals surface area contributed by atoms with Gasteiger partial charge in [-0.15, -0.1) is 11.3 Å². The highest BCUT2D eigenvalue weighted by Crippen LogP contribution is 2.33. The second-order valence-corrected chi connectivity index (χ2v) is 7.30. The fraction of sp³-hybridized carbons (Fsp3) is 0.385. The lowest BCUT2D eigenvalue weighted by atomic mass is 9.99. The van der Waals surface area contributed by atoms with Crippen molar-refractivity contribution in [1.82, 2.24) is 10.2 Å². The summed E-state index contributed by atoms with van der Waals surface area (Å²) in [6, 6.07) is 0.940. The van der Waals surface area contributed by atoms with Gasteiger partial charge in [0.25, 0.3) is 11.8 Å². The van der Waals surface area contributed by atoms with E-state index in [9.17, 15) is 19.2 Å². The summed E-state index contributed by atoms with van der Waals surface area (Å²) in [5, 5.41) is 7.13. The molecule has 0 radical (unpaired) electrons. The molecule has 2 aliphatic heterocycles. The highest BCUT2D eigenvalue weighted by molar-refractivity contribution is 7.99. The van der Waals surface area contributed by atoms with Crippen molar-refractivity contribution in [1.29, 1.82) is 0 Å². The van der Waals surface area contributed by atoms with Crippen LogP contribution in [0.25, 0.3) is 0 Å². The number of nitrogens with zero attached hydrogens (tertiary/aromatic N) is 1. The summed E-state index contributed by atoms with van der Waals surface area (Å²) in [6.45, 7) is -0.396. The Balaban J connectivity index is 1.68. The Morgan fingerprint density at radius 3 is 2.87 bits per heavy atom. The normalized spacial score (nSPS) is 23.4. The van der Waals surface area contributed by atoms with Crippen molar-refractivity contribution in [3.63, 3.8) is 0 Å². The molecule has 4 N–H and O–H groups in total. The summed E-state index contributed by atoms with van der Waals surface area (Å²) in [5.74, 6) is -0.265. The molecule has 23 heavy (non-hydrogen) atoms. The summed E-state index contributed by atoms with van der Waals surface area (Å²) in [7, 11) is 0. The molecule has 1 atom stereocenters. The SMILES string of the molecule is NC(=O)c1ccsc1NC(=O)CN1C(=O)N[C@]2(CCSC2)C1=O. The minimum absolute atomic E-state index is 0.198. The number of hydrogen-bond acceptors (Lipinski definition) is 6. The Morgan fingerprint density at radius 2 is 2.22 bits per heavy atom. The van der Waals surface area contributed by atoms with Crippen LogP contribution in [0, 0.1) is 0 Å². The number of anilines is 1. The maximum atomic E-state index is 12.4. The Bertz CT molecular complexity index is 696. The van der Waals surface area contributed by atoms with Crippen molar-refractivity contribution in [2.24, 2.45) is 5.73 Å². The maximum Gasteiger partial charge on any atom is 0.325 e. The molecule has 1 aromatic rings. The second kappa shape index (κ2) is 5.85. The van der Waals surface area contributed by atoms with E-state index in [4.69, 9.17) is 5.73 Å². The third-order valence-electron chi connectivity index (χ3n) is 3.75. The minimum atomic E-state index is -0.872. The molecule has 0 unspecified atom stereocenters. The molecule has 3 rings (SSSR count). The number of nitrogens with one attached hydrogen (secondary N) is 2. The third kappa shape index (κ3) is 2.79. The first kappa shape index (κ1) is 15.8. The highest BCUT2D eigenvalue weighted by atomic mass is 32.2. The number of imide groups is 1. The van der Waals surface area contributed by atoms with Gasteiger partial charge in [-0.1, -0.05) is 0 Å². The van der Waals surface area contributed by atoms with Gasteiger partial charge in [-0.05, 0) is 23.6 Å². The maximum absolute atomic E-state index is 12.4. The molecule has 0 saturated carbocycles. The number of thioether (sulfide) groups is 1. The molecule has 5 amide bonds. The second-order valence-electron chi connectivity index (χ2n) is 5.28. The molecule has 0 aromatic carbocycles. The van der Waals surface area contributed by atoms with Crippen LogP contribution in [0.15, 0.2) is 11.4 Å². The molecule has 122 valence electrons. The van der Waals surface area contributed by atoms with Crippen molar-refractivity contribution in [2.45, 2.75) is 12.0 Å². The molecule has 2 aliphatic rings. The van der Waals surface area contributed by atoms with Gasteiger partial charge in [0.15, 0.2) is 0 Å². The van der Waals surface area contributed by atoms with Gasteiger partial charge in [0.05, 0.1) is 5.56 Å². The van der Waals surface area contributed by atoms with E-state index in [-0.39, 0.29) is 11.5 Å². The minimum Gasteiger partial charge on any atom is -0.366 e. The van der Waals surface area contributed by atoms with Crippen LogP contribution in [0.4, 0.5) is 9.80 Å². The van der Waals surface area contributed by atoms with Crippen LogP contribution in [0.3, 0.4) is 0 Å². The van der Waals surface area contributed by atoms with Gasteiger partial charge < -0.3 is 16.4 Å². The van der Waals surface area contributed by atoms with Crippen LogP contribution in [-0.2, 0) is 9.59 Å². The predicted octanol–water partition coefficient (Wildman–Crippen LogP) is 0.213. The Labute approximate surface area is 139 Å². The molecule has 1 aromatic heterocycles. The van der Waals surface area contributed by atoms with Crippen molar-refractivity contribution in [3.8, 4) is 0 Å². The Hall–Kier alpha value is -2.07. The predicted molar refractivity (Wildman–Crippen MR) is 86.4 cm³/mol. The van der Waals surface area contributed by atoms with Gasteiger partial charge in [0.1, 0.15) is 17.1 Å². The van der Waals surface area contributed by atoms with E-state index in [1.165, 1.54) is 6.07 Å². The zero-order chi connectivity index (χ0) is 16.6. The highest BCUT2D eigenvalue weighted by Gasteiger charge is 2.53. The number of carbonyl (C=O) groups excluding carboxylic acids is 4. The number of carbonyl (C=O) groups is 4. The van der Waals surface area contributed by atoms with E-state index in [2.05, 4.69) is 10.6 Å². The van der Waals surface area contributed by atoms with Crippen LogP contribution in [-0.4, -0.2) is 52.2 Å².